The lowest BCUT2D eigenvalue weighted by atomic mass is 10.1. The van der Waals surface area contributed by atoms with E-state index in [1.54, 1.807) is 12.1 Å². The van der Waals surface area contributed by atoms with Crippen LogP contribution in [0.5, 0.6) is 0 Å². The molecule has 0 radical (unpaired) electrons. The molecule has 1 heterocycles. The van der Waals surface area contributed by atoms with Gasteiger partial charge in [-0.15, -0.1) is 10.2 Å². The van der Waals surface area contributed by atoms with Crippen molar-refractivity contribution in [3.8, 4) is 17.1 Å². The van der Waals surface area contributed by atoms with Crippen molar-refractivity contribution in [3.63, 3.8) is 0 Å². The normalized spacial score (nSPS) is 10.9. The Hall–Kier alpha value is -3.16. The van der Waals surface area contributed by atoms with Crippen LogP contribution in [0.15, 0.2) is 71.9 Å². The number of nitrogens with zero attached hydrogens (tertiary/aromatic N) is 4. The van der Waals surface area contributed by atoms with Crippen molar-refractivity contribution in [3.05, 3.63) is 98.6 Å². The van der Waals surface area contributed by atoms with Crippen LogP contribution >= 0.6 is 23.4 Å². The van der Waals surface area contributed by atoms with E-state index >= 15 is 0 Å². The summed E-state index contributed by atoms with van der Waals surface area (Å²) in [6.07, 6.45) is 0. The molecule has 0 amide bonds. The van der Waals surface area contributed by atoms with Crippen LogP contribution in [0.25, 0.3) is 17.1 Å². The molecule has 4 aromatic rings. The Labute approximate surface area is 189 Å². The first-order valence-electron chi connectivity index (χ1n) is 9.57. The zero-order valence-electron chi connectivity index (χ0n) is 16.9. The van der Waals surface area contributed by atoms with Gasteiger partial charge in [0.1, 0.15) is 0 Å². The van der Waals surface area contributed by atoms with Crippen molar-refractivity contribution in [1.82, 2.24) is 14.8 Å². The lowest BCUT2D eigenvalue weighted by Crippen LogP contribution is -2.02. The van der Waals surface area contributed by atoms with E-state index in [9.17, 15) is 10.1 Å². The van der Waals surface area contributed by atoms with Crippen LogP contribution in [0.1, 0.15) is 16.7 Å². The third-order valence-corrected chi connectivity index (χ3v) is 6.07. The molecule has 0 aliphatic rings. The minimum Gasteiger partial charge on any atom is -0.270 e. The molecule has 0 N–H and O–H groups in total. The molecule has 0 saturated heterocycles. The second-order valence-corrected chi connectivity index (χ2v) is 8.53. The van der Waals surface area contributed by atoms with E-state index in [4.69, 9.17) is 11.6 Å². The van der Waals surface area contributed by atoms with Gasteiger partial charge < -0.3 is 0 Å². The predicted molar refractivity (Wildman–Crippen MR) is 124 cm³/mol. The van der Waals surface area contributed by atoms with E-state index < -0.39 is 4.92 Å². The maximum atomic E-state index is 10.9. The smallest absolute Gasteiger partial charge is 0.269 e. The molecule has 3 aromatic carbocycles. The number of halogens is 1. The average molecular weight is 451 g/mol. The SMILES string of the molecule is Cc1ccc(C)c(-n2c(SCc3ccc([N+](=O)[O-])cc3)nnc2-c2cccc(Cl)c2)c1. The second-order valence-electron chi connectivity index (χ2n) is 7.15. The van der Waals surface area contributed by atoms with Crippen molar-refractivity contribution in [1.29, 1.82) is 0 Å². The summed E-state index contributed by atoms with van der Waals surface area (Å²) in [4.78, 5) is 10.5. The summed E-state index contributed by atoms with van der Waals surface area (Å²) in [5.41, 5.74) is 5.17. The summed E-state index contributed by atoms with van der Waals surface area (Å²) in [5.74, 6) is 1.32. The zero-order valence-corrected chi connectivity index (χ0v) is 18.5. The lowest BCUT2D eigenvalue weighted by molar-refractivity contribution is -0.384. The van der Waals surface area contributed by atoms with Gasteiger partial charge in [0, 0.05) is 28.5 Å². The van der Waals surface area contributed by atoms with Gasteiger partial charge in [0.15, 0.2) is 11.0 Å². The minimum atomic E-state index is -0.397. The maximum absolute atomic E-state index is 10.9. The summed E-state index contributed by atoms with van der Waals surface area (Å²) in [6.45, 7) is 4.11. The number of thioether (sulfide) groups is 1. The Balaban J connectivity index is 1.74. The molecular weight excluding hydrogens is 432 g/mol. The fourth-order valence-corrected chi connectivity index (χ4v) is 4.31. The van der Waals surface area contributed by atoms with E-state index in [1.165, 1.54) is 23.9 Å². The van der Waals surface area contributed by atoms with Crippen molar-refractivity contribution in [2.24, 2.45) is 0 Å². The number of nitro benzene ring substituents is 1. The molecule has 4 rings (SSSR count). The van der Waals surface area contributed by atoms with Gasteiger partial charge in [0.25, 0.3) is 5.69 Å². The molecular formula is C23H19ClN4O2S. The molecule has 8 heteroatoms. The van der Waals surface area contributed by atoms with Gasteiger partial charge in [0.2, 0.25) is 0 Å². The Bertz CT molecular complexity index is 1250. The molecule has 0 saturated carbocycles. The zero-order chi connectivity index (χ0) is 22.0. The molecule has 0 unspecified atom stereocenters. The summed E-state index contributed by atoms with van der Waals surface area (Å²) >= 11 is 7.75. The van der Waals surface area contributed by atoms with E-state index in [1.807, 2.05) is 28.8 Å². The predicted octanol–water partition coefficient (Wildman–Crippen LogP) is 6.41. The van der Waals surface area contributed by atoms with E-state index in [2.05, 4.69) is 42.2 Å². The van der Waals surface area contributed by atoms with Gasteiger partial charge in [-0.3, -0.25) is 14.7 Å². The summed E-state index contributed by atoms with van der Waals surface area (Å²) in [6, 6.07) is 20.4. The summed E-state index contributed by atoms with van der Waals surface area (Å²) in [7, 11) is 0. The Morgan fingerprint density at radius 1 is 1.03 bits per heavy atom. The van der Waals surface area contributed by atoms with Gasteiger partial charge in [-0.25, -0.2) is 0 Å². The molecule has 1 aromatic heterocycles. The molecule has 6 nitrogen and oxygen atoms in total. The van der Waals surface area contributed by atoms with Crippen LogP contribution in [0.4, 0.5) is 5.69 Å². The van der Waals surface area contributed by atoms with Crippen LogP contribution in [-0.2, 0) is 5.75 Å². The van der Waals surface area contributed by atoms with Crippen LogP contribution in [0, 0.1) is 24.0 Å². The van der Waals surface area contributed by atoms with Gasteiger partial charge in [-0.2, -0.15) is 0 Å². The van der Waals surface area contributed by atoms with Gasteiger partial charge in [-0.05, 0) is 48.7 Å². The maximum Gasteiger partial charge on any atom is 0.269 e. The molecule has 0 spiro atoms. The largest absolute Gasteiger partial charge is 0.270 e. The Morgan fingerprint density at radius 3 is 2.52 bits per heavy atom. The molecule has 0 bridgehead atoms. The number of nitro groups is 1. The van der Waals surface area contributed by atoms with E-state index in [0.717, 1.165) is 33.1 Å². The minimum absolute atomic E-state index is 0.0792. The van der Waals surface area contributed by atoms with Crippen molar-refractivity contribution < 1.29 is 4.92 Å². The highest BCUT2D eigenvalue weighted by Gasteiger charge is 2.18. The first-order chi connectivity index (χ1) is 14.9. The standard InChI is InChI=1S/C23H19ClN4O2S/c1-15-6-7-16(2)21(12-15)27-22(18-4-3-5-19(24)13-18)25-26-23(27)31-14-17-8-10-20(11-9-17)28(29)30/h3-13H,14H2,1-2H3. The van der Waals surface area contributed by atoms with E-state index in [-0.39, 0.29) is 5.69 Å². The molecule has 156 valence electrons. The van der Waals surface area contributed by atoms with Crippen LogP contribution in [0.3, 0.4) is 0 Å². The number of hydrogen-bond donors (Lipinski definition) is 0. The van der Waals surface area contributed by atoms with E-state index in [0.29, 0.717) is 16.6 Å². The Kier molecular flexibility index (Phi) is 6.06. The number of rotatable bonds is 6. The van der Waals surface area contributed by atoms with Gasteiger partial charge in [0.05, 0.1) is 10.6 Å². The van der Waals surface area contributed by atoms with Crippen molar-refractivity contribution in [2.45, 2.75) is 24.8 Å². The highest BCUT2D eigenvalue weighted by Crippen LogP contribution is 2.32. The molecule has 31 heavy (non-hydrogen) atoms. The fraction of sp³-hybridized carbons (Fsp3) is 0.130. The Morgan fingerprint density at radius 2 is 1.81 bits per heavy atom. The molecule has 0 fully saturated rings. The monoisotopic (exact) mass is 450 g/mol. The fourth-order valence-electron chi connectivity index (χ4n) is 3.22. The number of aryl methyl sites for hydroxylation is 2. The average Bonchev–Trinajstić information content (AvgIpc) is 3.18. The van der Waals surface area contributed by atoms with Crippen molar-refractivity contribution in [2.75, 3.05) is 0 Å². The van der Waals surface area contributed by atoms with Crippen LogP contribution in [0.2, 0.25) is 5.02 Å². The number of benzene rings is 3. The molecule has 0 atom stereocenters. The van der Waals surface area contributed by atoms with Crippen LogP contribution in [-0.4, -0.2) is 19.7 Å². The van der Waals surface area contributed by atoms with Crippen LogP contribution < -0.4 is 0 Å². The van der Waals surface area contributed by atoms with Crippen molar-refractivity contribution >= 4 is 29.1 Å². The summed E-state index contributed by atoms with van der Waals surface area (Å²) < 4.78 is 2.05. The summed E-state index contributed by atoms with van der Waals surface area (Å²) in [5, 5.41) is 21.2. The lowest BCUT2D eigenvalue weighted by Gasteiger charge is -2.14. The highest BCUT2D eigenvalue weighted by molar-refractivity contribution is 7.98. The third-order valence-electron chi connectivity index (χ3n) is 4.84. The third kappa shape index (κ3) is 4.62. The molecule has 0 aliphatic carbocycles. The number of non-ortho nitro benzene ring substituents is 1. The molecule has 0 aliphatic heterocycles. The topological polar surface area (TPSA) is 73.8 Å². The highest BCUT2D eigenvalue weighted by atomic mass is 35.5. The number of aromatic nitrogens is 3. The quantitative estimate of drug-likeness (QED) is 0.193. The first kappa shape index (κ1) is 21.1. The first-order valence-corrected chi connectivity index (χ1v) is 10.9. The second kappa shape index (κ2) is 8.91. The number of hydrogen-bond acceptors (Lipinski definition) is 5. The van der Waals surface area contributed by atoms with Gasteiger partial charge >= 0.3 is 0 Å². The van der Waals surface area contributed by atoms with Gasteiger partial charge in [-0.1, -0.05) is 59.8 Å².